The van der Waals surface area contributed by atoms with Crippen molar-refractivity contribution in [3.63, 3.8) is 0 Å². The van der Waals surface area contributed by atoms with Crippen LogP contribution in [0.15, 0.2) is 30.0 Å². The van der Waals surface area contributed by atoms with Crippen molar-refractivity contribution in [2.75, 3.05) is 5.32 Å². The molecule has 1 aromatic carbocycles. The minimum atomic E-state index is 1.15. The molecule has 1 aliphatic heterocycles. The number of nitrogens with one attached hydrogen (secondary N) is 1. The van der Waals surface area contributed by atoms with Gasteiger partial charge in [-0.2, -0.15) is 0 Å². The van der Waals surface area contributed by atoms with Crippen LogP contribution in [-0.4, -0.2) is 0 Å². The summed E-state index contributed by atoms with van der Waals surface area (Å²) in [6, 6.07) is 6.60. The summed E-state index contributed by atoms with van der Waals surface area (Å²) in [6.45, 7) is 4.23. The zero-order chi connectivity index (χ0) is 9.26. The predicted octanol–water partition coefficient (Wildman–Crippen LogP) is 3.26. The lowest BCUT2D eigenvalue weighted by molar-refractivity contribution is 0.909. The van der Waals surface area contributed by atoms with E-state index < -0.39 is 0 Å². The number of rotatable bonds is 0. The molecule has 1 heteroatoms. The van der Waals surface area contributed by atoms with Crippen molar-refractivity contribution in [2.24, 2.45) is 0 Å². The lowest BCUT2D eigenvalue weighted by Gasteiger charge is -2.20. The second kappa shape index (κ2) is 3.25. The van der Waals surface area contributed by atoms with E-state index in [1.54, 1.807) is 0 Å². The first-order valence-electron chi connectivity index (χ1n) is 4.81. The fraction of sp³-hybridized carbons (Fsp3) is 0.333. The SMILES string of the molecule is C/C=C1/CCc2cc(C)ccc2N1. The molecule has 0 atom stereocenters. The van der Waals surface area contributed by atoms with E-state index in [0.717, 1.165) is 6.42 Å². The summed E-state index contributed by atoms with van der Waals surface area (Å²) >= 11 is 0. The minimum Gasteiger partial charge on any atom is -0.359 e. The van der Waals surface area contributed by atoms with Crippen LogP contribution >= 0.6 is 0 Å². The molecule has 1 nitrogen and oxygen atoms in total. The van der Waals surface area contributed by atoms with Crippen molar-refractivity contribution in [1.82, 2.24) is 0 Å². The summed E-state index contributed by atoms with van der Waals surface area (Å²) in [7, 11) is 0. The first kappa shape index (κ1) is 8.36. The molecule has 2 rings (SSSR count). The largest absolute Gasteiger partial charge is 0.359 e. The van der Waals surface area contributed by atoms with Gasteiger partial charge in [0.25, 0.3) is 0 Å². The standard InChI is InChI=1S/C12H15N/c1-3-11-6-5-10-8-9(2)4-7-12(10)13-11/h3-4,7-8,13H,5-6H2,1-2H3/b11-3-. The number of benzene rings is 1. The molecule has 0 unspecified atom stereocenters. The van der Waals surface area contributed by atoms with Gasteiger partial charge in [0.15, 0.2) is 0 Å². The van der Waals surface area contributed by atoms with E-state index in [2.05, 4.69) is 43.4 Å². The molecule has 1 heterocycles. The Morgan fingerprint density at radius 2 is 2.15 bits per heavy atom. The zero-order valence-corrected chi connectivity index (χ0v) is 8.22. The molecule has 0 radical (unpaired) electrons. The lowest BCUT2D eigenvalue weighted by atomic mass is 9.99. The van der Waals surface area contributed by atoms with Crippen LogP contribution in [0.1, 0.15) is 24.5 Å². The summed E-state index contributed by atoms with van der Waals surface area (Å²) < 4.78 is 0. The first-order valence-corrected chi connectivity index (χ1v) is 4.81. The number of hydrogen-bond donors (Lipinski definition) is 1. The van der Waals surface area contributed by atoms with Gasteiger partial charge < -0.3 is 5.32 Å². The third-order valence-electron chi connectivity index (χ3n) is 2.57. The minimum absolute atomic E-state index is 1.15. The van der Waals surface area contributed by atoms with Crippen molar-refractivity contribution in [3.8, 4) is 0 Å². The molecule has 0 aromatic heterocycles. The van der Waals surface area contributed by atoms with Gasteiger partial charge in [0.1, 0.15) is 0 Å². The number of aryl methyl sites for hydroxylation is 2. The Hall–Kier alpha value is -1.24. The molecule has 0 amide bonds. The number of hydrogen-bond acceptors (Lipinski definition) is 1. The topological polar surface area (TPSA) is 12.0 Å². The lowest BCUT2D eigenvalue weighted by Crippen LogP contribution is -2.09. The molecule has 0 bridgehead atoms. The normalized spacial score (nSPS) is 18.2. The van der Waals surface area contributed by atoms with Gasteiger partial charge in [0.05, 0.1) is 0 Å². The average Bonchev–Trinajstić information content (AvgIpc) is 2.17. The van der Waals surface area contributed by atoms with Gasteiger partial charge in [-0.3, -0.25) is 0 Å². The fourth-order valence-electron chi connectivity index (χ4n) is 1.77. The van der Waals surface area contributed by atoms with E-state index in [1.165, 1.54) is 28.9 Å². The summed E-state index contributed by atoms with van der Waals surface area (Å²) in [5, 5.41) is 3.43. The number of allylic oxidation sites excluding steroid dienone is 2. The molecule has 0 saturated carbocycles. The van der Waals surface area contributed by atoms with Gasteiger partial charge >= 0.3 is 0 Å². The molecule has 13 heavy (non-hydrogen) atoms. The highest BCUT2D eigenvalue weighted by Crippen LogP contribution is 2.26. The summed E-state index contributed by atoms with van der Waals surface area (Å²) in [4.78, 5) is 0. The van der Waals surface area contributed by atoms with Gasteiger partial charge in [-0.25, -0.2) is 0 Å². The second-order valence-corrected chi connectivity index (χ2v) is 3.60. The maximum atomic E-state index is 3.43. The van der Waals surface area contributed by atoms with Crippen LogP contribution in [0.5, 0.6) is 0 Å². The van der Waals surface area contributed by atoms with Crippen molar-refractivity contribution < 1.29 is 0 Å². The van der Waals surface area contributed by atoms with Crippen molar-refractivity contribution >= 4 is 5.69 Å². The maximum absolute atomic E-state index is 3.43. The van der Waals surface area contributed by atoms with Crippen molar-refractivity contribution in [2.45, 2.75) is 26.7 Å². The van der Waals surface area contributed by atoms with E-state index in [4.69, 9.17) is 0 Å². The molecule has 1 N–H and O–H groups in total. The third kappa shape index (κ3) is 1.59. The van der Waals surface area contributed by atoms with Crippen LogP contribution in [-0.2, 0) is 6.42 Å². The predicted molar refractivity (Wildman–Crippen MR) is 56.9 cm³/mol. The fourth-order valence-corrected chi connectivity index (χ4v) is 1.77. The van der Waals surface area contributed by atoms with Crippen molar-refractivity contribution in [3.05, 3.63) is 41.1 Å². The molecule has 0 fully saturated rings. The van der Waals surface area contributed by atoms with Gasteiger partial charge in [-0.05, 0) is 38.3 Å². The van der Waals surface area contributed by atoms with Gasteiger partial charge in [0, 0.05) is 11.4 Å². The monoisotopic (exact) mass is 173 g/mol. The molecular formula is C12H15N. The Kier molecular flexibility index (Phi) is 2.09. The van der Waals surface area contributed by atoms with Crippen LogP contribution in [0.3, 0.4) is 0 Å². The van der Waals surface area contributed by atoms with Gasteiger partial charge in [0.2, 0.25) is 0 Å². The molecule has 1 aliphatic rings. The second-order valence-electron chi connectivity index (χ2n) is 3.60. The number of anilines is 1. The highest BCUT2D eigenvalue weighted by atomic mass is 14.9. The van der Waals surface area contributed by atoms with E-state index in [1.807, 2.05) is 0 Å². The molecule has 1 aromatic rings. The van der Waals surface area contributed by atoms with Gasteiger partial charge in [-0.15, -0.1) is 0 Å². The average molecular weight is 173 g/mol. The Morgan fingerprint density at radius 1 is 1.31 bits per heavy atom. The Bertz CT molecular complexity index is 350. The van der Waals surface area contributed by atoms with E-state index in [9.17, 15) is 0 Å². The van der Waals surface area contributed by atoms with Crippen LogP contribution in [0.4, 0.5) is 5.69 Å². The third-order valence-corrected chi connectivity index (χ3v) is 2.57. The van der Waals surface area contributed by atoms with Crippen LogP contribution < -0.4 is 5.32 Å². The Morgan fingerprint density at radius 3 is 2.92 bits per heavy atom. The van der Waals surface area contributed by atoms with Crippen LogP contribution in [0, 0.1) is 6.92 Å². The van der Waals surface area contributed by atoms with Gasteiger partial charge in [-0.1, -0.05) is 23.8 Å². The molecule has 0 saturated heterocycles. The quantitative estimate of drug-likeness (QED) is 0.635. The van der Waals surface area contributed by atoms with E-state index in [-0.39, 0.29) is 0 Å². The molecule has 0 aliphatic carbocycles. The maximum Gasteiger partial charge on any atom is 0.0414 e. The first-order chi connectivity index (χ1) is 6.29. The molecule has 68 valence electrons. The zero-order valence-electron chi connectivity index (χ0n) is 8.22. The smallest absolute Gasteiger partial charge is 0.0414 e. The highest BCUT2D eigenvalue weighted by molar-refractivity contribution is 5.58. The van der Waals surface area contributed by atoms with E-state index in [0.29, 0.717) is 0 Å². The Balaban J connectivity index is 2.37. The number of fused-ring (bicyclic) bond motifs is 1. The Labute approximate surface area is 79.5 Å². The van der Waals surface area contributed by atoms with Crippen molar-refractivity contribution in [1.29, 1.82) is 0 Å². The highest BCUT2D eigenvalue weighted by Gasteiger charge is 2.10. The summed E-state index contributed by atoms with van der Waals surface area (Å²) in [5.74, 6) is 0. The molecular weight excluding hydrogens is 158 g/mol. The van der Waals surface area contributed by atoms with Crippen LogP contribution in [0.2, 0.25) is 0 Å². The van der Waals surface area contributed by atoms with E-state index >= 15 is 0 Å². The summed E-state index contributed by atoms with van der Waals surface area (Å²) in [5.41, 5.74) is 5.43. The van der Waals surface area contributed by atoms with Crippen LogP contribution in [0.25, 0.3) is 0 Å². The molecule has 0 spiro atoms. The summed E-state index contributed by atoms with van der Waals surface area (Å²) in [6.07, 6.45) is 4.47.